The predicted octanol–water partition coefficient (Wildman–Crippen LogP) is 6.28. The highest BCUT2D eigenvalue weighted by atomic mass is 35.5. The fourth-order valence-electron chi connectivity index (χ4n) is 6.03. The largest absolute Gasteiger partial charge is 0.481 e. The van der Waals surface area contributed by atoms with E-state index in [0.29, 0.717) is 40.4 Å². The van der Waals surface area contributed by atoms with Crippen LogP contribution in [0.2, 0.25) is 5.02 Å². The van der Waals surface area contributed by atoms with Crippen molar-refractivity contribution in [3.8, 4) is 28.3 Å². The lowest BCUT2D eigenvalue weighted by molar-refractivity contribution is 0.0775. The number of halogens is 3. The number of ether oxygens (including phenoxy) is 2. The van der Waals surface area contributed by atoms with Crippen LogP contribution in [0.25, 0.3) is 33.3 Å². The first-order chi connectivity index (χ1) is 23.1. The van der Waals surface area contributed by atoms with Crippen molar-refractivity contribution in [2.24, 2.45) is 14.1 Å². The molecule has 5 aromatic rings. The number of benzene rings is 2. The number of alkyl halides is 2. The summed E-state index contributed by atoms with van der Waals surface area (Å²) in [4.78, 5) is 34.7. The van der Waals surface area contributed by atoms with Crippen molar-refractivity contribution in [2.45, 2.75) is 38.8 Å². The van der Waals surface area contributed by atoms with E-state index in [4.69, 9.17) is 26.1 Å². The Morgan fingerprint density at radius 2 is 1.71 bits per heavy atom. The maximum Gasteiger partial charge on any atom is 0.330 e. The lowest BCUT2D eigenvalue weighted by Gasteiger charge is -2.23. The lowest BCUT2D eigenvalue weighted by Crippen LogP contribution is -2.37. The van der Waals surface area contributed by atoms with Crippen molar-refractivity contribution in [2.75, 3.05) is 25.6 Å². The first-order valence-electron chi connectivity index (χ1n) is 15.5. The number of hydrogen-bond donors (Lipinski definition) is 2. The molecule has 0 amide bonds. The maximum absolute atomic E-state index is 13.9. The number of hydrogen-bond acceptors (Lipinski definition) is 8. The molecule has 2 aromatic carbocycles. The molecule has 0 unspecified atom stereocenters. The van der Waals surface area contributed by atoms with E-state index in [1.165, 1.54) is 14.1 Å². The van der Waals surface area contributed by atoms with Gasteiger partial charge < -0.3 is 20.1 Å². The van der Waals surface area contributed by atoms with Gasteiger partial charge in [-0.3, -0.25) is 13.9 Å². The molecule has 1 saturated heterocycles. The number of nitrogens with zero attached hydrogens (tertiary/aromatic N) is 4. The van der Waals surface area contributed by atoms with E-state index >= 15 is 0 Å². The van der Waals surface area contributed by atoms with Gasteiger partial charge in [0.1, 0.15) is 16.9 Å². The Bertz CT molecular complexity index is 2130. The number of pyridine rings is 2. The molecular formula is C35H35ClF2N6O4. The molecule has 0 saturated carbocycles. The number of fused-ring (bicyclic) bond motifs is 1. The minimum atomic E-state index is -2.92. The van der Waals surface area contributed by atoms with Gasteiger partial charge in [0.15, 0.2) is 0 Å². The van der Waals surface area contributed by atoms with Gasteiger partial charge in [-0.1, -0.05) is 48.0 Å². The van der Waals surface area contributed by atoms with Gasteiger partial charge >= 0.3 is 5.69 Å². The molecule has 1 aliphatic rings. The summed E-state index contributed by atoms with van der Waals surface area (Å²) in [6.45, 7) is 3.97. The van der Waals surface area contributed by atoms with E-state index in [-0.39, 0.29) is 16.7 Å². The van der Waals surface area contributed by atoms with Crippen LogP contribution >= 0.6 is 11.6 Å². The van der Waals surface area contributed by atoms with Crippen LogP contribution in [0, 0.1) is 6.92 Å². The van der Waals surface area contributed by atoms with Crippen molar-refractivity contribution in [1.82, 2.24) is 24.4 Å². The Morgan fingerprint density at radius 1 is 1.00 bits per heavy atom. The van der Waals surface area contributed by atoms with Crippen LogP contribution in [-0.2, 0) is 25.4 Å². The zero-order valence-corrected chi connectivity index (χ0v) is 27.7. The van der Waals surface area contributed by atoms with Crippen LogP contribution in [0.5, 0.6) is 5.88 Å². The Kier molecular flexibility index (Phi) is 9.58. The van der Waals surface area contributed by atoms with Gasteiger partial charge in [-0.25, -0.2) is 23.5 Å². The second kappa shape index (κ2) is 13.8. The SMILES string of the molecule is COc1nc(-c2cccc(-c3cccc(Nc4nc(C(F)F)cc5c4c(=O)n(C)c(=O)n5C)c3C)c2Cl)ccc1CNC1CCOCC1. The smallest absolute Gasteiger partial charge is 0.330 e. The van der Waals surface area contributed by atoms with Gasteiger partial charge in [-0.2, -0.15) is 0 Å². The molecule has 1 aliphatic heterocycles. The summed E-state index contributed by atoms with van der Waals surface area (Å²) < 4.78 is 41.0. The molecule has 0 spiro atoms. The molecule has 0 radical (unpaired) electrons. The minimum absolute atomic E-state index is 0.0141. The third-order valence-corrected chi connectivity index (χ3v) is 9.19. The van der Waals surface area contributed by atoms with Gasteiger partial charge in [0.05, 0.1) is 23.3 Å². The molecule has 6 rings (SSSR count). The minimum Gasteiger partial charge on any atom is -0.481 e. The third-order valence-electron chi connectivity index (χ3n) is 8.78. The number of nitrogens with one attached hydrogen (secondary N) is 2. The normalized spacial score (nSPS) is 13.8. The summed E-state index contributed by atoms with van der Waals surface area (Å²) in [6, 6.07) is 16.5. The van der Waals surface area contributed by atoms with Crippen molar-refractivity contribution in [3.63, 3.8) is 0 Å². The van der Waals surface area contributed by atoms with E-state index in [0.717, 1.165) is 63.5 Å². The monoisotopic (exact) mass is 676 g/mol. The Hall–Kier alpha value is -4.65. The van der Waals surface area contributed by atoms with Crippen molar-refractivity contribution in [1.29, 1.82) is 0 Å². The number of aromatic nitrogens is 4. The van der Waals surface area contributed by atoms with Gasteiger partial charge in [-0.05, 0) is 49.1 Å². The quantitative estimate of drug-likeness (QED) is 0.188. The van der Waals surface area contributed by atoms with Crippen molar-refractivity contribution >= 4 is 34.0 Å². The first kappa shape index (κ1) is 33.3. The molecule has 10 nitrogen and oxygen atoms in total. The van der Waals surface area contributed by atoms with E-state index in [2.05, 4.69) is 15.6 Å². The number of methoxy groups -OCH3 is 1. The van der Waals surface area contributed by atoms with E-state index < -0.39 is 23.4 Å². The van der Waals surface area contributed by atoms with Crippen LogP contribution in [0.4, 0.5) is 20.3 Å². The predicted molar refractivity (Wildman–Crippen MR) is 183 cm³/mol. The lowest BCUT2D eigenvalue weighted by atomic mass is 9.96. The van der Waals surface area contributed by atoms with E-state index in [1.54, 1.807) is 19.2 Å². The average Bonchev–Trinajstić information content (AvgIpc) is 3.10. The molecular weight excluding hydrogens is 642 g/mol. The maximum atomic E-state index is 13.9. The topological polar surface area (TPSA) is 112 Å². The molecule has 250 valence electrons. The molecule has 3 aromatic heterocycles. The molecule has 0 bridgehead atoms. The second-order valence-corrected chi connectivity index (χ2v) is 12.1. The molecule has 48 heavy (non-hydrogen) atoms. The van der Waals surface area contributed by atoms with Crippen LogP contribution in [-0.4, -0.2) is 45.5 Å². The molecule has 0 aliphatic carbocycles. The van der Waals surface area contributed by atoms with E-state index in [1.807, 2.05) is 43.3 Å². The molecule has 0 atom stereocenters. The van der Waals surface area contributed by atoms with Crippen molar-refractivity contribution < 1.29 is 18.3 Å². The van der Waals surface area contributed by atoms with Crippen LogP contribution in [0.3, 0.4) is 0 Å². The summed E-state index contributed by atoms with van der Waals surface area (Å²) in [5.74, 6) is 0.423. The highest BCUT2D eigenvalue weighted by Gasteiger charge is 2.21. The highest BCUT2D eigenvalue weighted by molar-refractivity contribution is 6.36. The van der Waals surface area contributed by atoms with Gasteiger partial charge in [0, 0.05) is 62.3 Å². The van der Waals surface area contributed by atoms with Gasteiger partial charge in [0.25, 0.3) is 12.0 Å². The zero-order chi connectivity index (χ0) is 34.1. The molecule has 2 N–H and O–H groups in total. The molecule has 13 heteroatoms. The molecule has 4 heterocycles. The van der Waals surface area contributed by atoms with Crippen LogP contribution in [0.15, 0.2) is 64.2 Å². The number of rotatable bonds is 9. The summed E-state index contributed by atoms with van der Waals surface area (Å²) in [5, 5.41) is 7.14. The fourth-order valence-corrected chi connectivity index (χ4v) is 6.35. The highest BCUT2D eigenvalue weighted by Crippen LogP contribution is 2.40. The Balaban J connectivity index is 1.36. The fraction of sp³-hybridized carbons (Fsp3) is 0.314. The molecule has 1 fully saturated rings. The van der Waals surface area contributed by atoms with Crippen LogP contribution in [0.1, 0.15) is 36.1 Å². The zero-order valence-electron chi connectivity index (χ0n) is 26.9. The average molecular weight is 677 g/mol. The number of aryl methyl sites for hydroxylation is 1. The second-order valence-electron chi connectivity index (χ2n) is 11.7. The summed E-state index contributed by atoms with van der Waals surface area (Å²) in [5.41, 5.74) is 3.22. The summed E-state index contributed by atoms with van der Waals surface area (Å²) in [6.07, 6.45) is -1.00. The van der Waals surface area contributed by atoms with Gasteiger partial charge in [0.2, 0.25) is 5.88 Å². The van der Waals surface area contributed by atoms with Crippen molar-refractivity contribution in [3.05, 3.63) is 97.3 Å². The Morgan fingerprint density at radius 3 is 2.44 bits per heavy atom. The van der Waals surface area contributed by atoms with Crippen LogP contribution < -0.4 is 26.6 Å². The van der Waals surface area contributed by atoms with Gasteiger partial charge in [-0.15, -0.1) is 0 Å². The summed E-state index contributed by atoms with van der Waals surface area (Å²) >= 11 is 7.07. The Labute approximate surface area is 280 Å². The first-order valence-corrected chi connectivity index (χ1v) is 15.9. The number of anilines is 2. The third kappa shape index (κ3) is 6.30. The summed E-state index contributed by atoms with van der Waals surface area (Å²) in [7, 11) is 4.35. The standard InChI is InChI=1S/C35H35ClF2N6O4/c1-19-22(7-6-10-25(19)40-32-29-28(17-27(41-32)31(37)38)43(2)35(46)44(3)34(29)45)23-8-5-9-24(30(23)36)26-12-11-20(33(42-26)47-4)18-39-21-13-15-48-16-14-21/h5-12,17,21,31,39H,13-16,18H2,1-4H3,(H,40,41). The van der Waals surface area contributed by atoms with E-state index in [9.17, 15) is 18.4 Å².